The molecule has 94 heavy (non-hydrogen) atoms. The van der Waals surface area contributed by atoms with Crippen molar-refractivity contribution in [2.75, 3.05) is 0 Å². The van der Waals surface area contributed by atoms with Gasteiger partial charge in [0.15, 0.2) is 29.1 Å². The summed E-state index contributed by atoms with van der Waals surface area (Å²) in [5, 5.41) is 18.5. The van der Waals surface area contributed by atoms with Crippen LogP contribution in [-0.4, -0.2) is 29.9 Å². The van der Waals surface area contributed by atoms with Crippen LogP contribution < -0.4 is 0 Å². The first-order valence-corrected chi connectivity index (χ1v) is 31.4. The molecule has 0 radical (unpaired) electrons. The highest BCUT2D eigenvalue weighted by Gasteiger charge is 2.21. The lowest BCUT2D eigenvalue weighted by molar-refractivity contribution is 0.668. The minimum Gasteiger partial charge on any atom is -0.456 e. The van der Waals surface area contributed by atoms with E-state index in [-0.39, 0.29) is 5.28 Å². The number of aryl methyl sites for hydroxylation is 1. The zero-order chi connectivity index (χ0) is 62.4. The Morgan fingerprint density at radius 3 is 1.07 bits per heavy atom. The number of benzene rings is 14. The fourth-order valence-corrected chi connectivity index (χ4v) is 13.6. The van der Waals surface area contributed by atoms with E-state index in [1.165, 1.54) is 37.9 Å². The van der Waals surface area contributed by atoms with Gasteiger partial charge >= 0.3 is 0 Å². The molecule has 0 aliphatic heterocycles. The Labute approximate surface area is 540 Å². The van der Waals surface area contributed by atoms with Crippen LogP contribution in [0.25, 0.3) is 188 Å². The van der Waals surface area contributed by atoms with Gasteiger partial charge in [0.1, 0.15) is 44.7 Å². The molecule has 0 unspecified atom stereocenters. The van der Waals surface area contributed by atoms with Crippen LogP contribution in [0, 0.1) is 6.92 Å². The van der Waals surface area contributed by atoms with Crippen molar-refractivity contribution in [1.29, 1.82) is 0 Å². The van der Waals surface area contributed by atoms with E-state index in [1.54, 1.807) is 0 Å². The van der Waals surface area contributed by atoms with Gasteiger partial charge in [0.2, 0.25) is 5.28 Å². The molecule has 6 aromatic heterocycles. The van der Waals surface area contributed by atoms with Gasteiger partial charge in [-0.3, -0.25) is 0 Å². The van der Waals surface area contributed by atoms with Crippen molar-refractivity contribution in [2.24, 2.45) is 0 Å². The van der Waals surface area contributed by atoms with Crippen molar-refractivity contribution in [1.82, 2.24) is 29.9 Å². The lowest BCUT2D eigenvalue weighted by Crippen LogP contribution is -2.00. The molecule has 6 heterocycles. The van der Waals surface area contributed by atoms with Gasteiger partial charge in [0.25, 0.3) is 0 Å². The van der Waals surface area contributed by atoms with Gasteiger partial charge in [-0.25, -0.2) is 19.9 Å². The molecular formula is C83H49ClN6O4. The van der Waals surface area contributed by atoms with Crippen LogP contribution in [0.3, 0.4) is 0 Å². The summed E-state index contributed by atoms with van der Waals surface area (Å²) < 4.78 is 24.5. The first-order chi connectivity index (χ1) is 46.4. The smallest absolute Gasteiger partial charge is 0.226 e. The number of hydrogen-bond acceptors (Lipinski definition) is 10. The maximum absolute atomic E-state index is 6.27. The lowest BCUT2D eigenvalue weighted by atomic mass is 9.96. The number of para-hydroxylation sites is 4. The molecule has 0 aliphatic carbocycles. The third kappa shape index (κ3) is 9.34. The van der Waals surface area contributed by atoms with E-state index in [2.05, 4.69) is 143 Å². The van der Waals surface area contributed by atoms with Crippen LogP contribution >= 0.6 is 11.6 Å². The Morgan fingerprint density at radius 2 is 0.574 bits per heavy atom. The van der Waals surface area contributed by atoms with Gasteiger partial charge in [-0.05, 0) is 105 Å². The Hall–Kier alpha value is -12.4. The van der Waals surface area contributed by atoms with Gasteiger partial charge in [-0.1, -0.05) is 230 Å². The second-order valence-electron chi connectivity index (χ2n) is 23.4. The van der Waals surface area contributed by atoms with Crippen LogP contribution in [0.15, 0.2) is 297 Å². The fraction of sp³-hybridized carbons (Fsp3) is 0.0120. The van der Waals surface area contributed by atoms with Gasteiger partial charge in [0, 0.05) is 81.7 Å². The molecule has 0 N–H and O–H groups in total. The van der Waals surface area contributed by atoms with Crippen LogP contribution in [-0.2, 0) is 0 Å². The second-order valence-corrected chi connectivity index (χ2v) is 23.7. The monoisotopic (exact) mass is 1230 g/mol. The average molecular weight is 1230 g/mol. The molecule has 0 amide bonds. The number of nitrogens with zero attached hydrogens (tertiary/aromatic N) is 6. The zero-order valence-electron chi connectivity index (χ0n) is 50.3. The summed E-state index contributed by atoms with van der Waals surface area (Å²) in [5.74, 6) is 2.90. The molecule has 14 aromatic carbocycles. The Morgan fingerprint density at radius 1 is 0.234 bits per heavy atom. The van der Waals surface area contributed by atoms with Crippen molar-refractivity contribution >= 4 is 142 Å². The molecule has 442 valence electrons. The van der Waals surface area contributed by atoms with Crippen LogP contribution in [0.4, 0.5) is 0 Å². The predicted octanol–water partition coefficient (Wildman–Crippen LogP) is 22.9. The molecular weight excluding hydrogens is 1180 g/mol. The number of halogens is 1. The molecule has 0 saturated carbocycles. The second kappa shape index (κ2) is 22.2. The Bertz CT molecular complexity index is 6410. The highest BCUT2D eigenvalue weighted by Crippen LogP contribution is 2.43. The molecule has 11 heteroatoms. The Balaban J connectivity index is 0.000000114. The first-order valence-electron chi connectivity index (χ1n) is 31.0. The van der Waals surface area contributed by atoms with E-state index in [0.717, 1.165) is 126 Å². The molecule has 0 spiro atoms. The molecule has 20 aromatic rings. The molecule has 10 nitrogen and oxygen atoms in total. The highest BCUT2D eigenvalue weighted by atomic mass is 35.5. The van der Waals surface area contributed by atoms with Crippen molar-refractivity contribution in [3.63, 3.8) is 0 Å². The minimum absolute atomic E-state index is 0.165. The topological polar surface area (TPSA) is 130 Å². The normalized spacial score (nSPS) is 11.7. The quantitative estimate of drug-likeness (QED) is 0.154. The highest BCUT2D eigenvalue weighted by molar-refractivity contribution is 6.29. The summed E-state index contributed by atoms with van der Waals surface area (Å²) in [6.45, 7) is 2.14. The summed E-state index contributed by atoms with van der Waals surface area (Å²) in [6.07, 6.45) is 0. The van der Waals surface area contributed by atoms with E-state index in [4.69, 9.17) is 44.2 Å². The van der Waals surface area contributed by atoms with Crippen LogP contribution in [0.2, 0.25) is 5.28 Å². The SMILES string of the molecule is Cc1ccc2ccc3ccc4oc5ccccc5c4c3c2c1.Clc1nc(-c2ccccc2)nc(-c2cccc3oc4ccccc4c23)n1.c1ccc(-c2nc(-c3ccc4ccc5ccc6oc7ccccc7c6c5c4c3)nc(-c3cccc4oc5ccccc5c34)n2)cc1. The fourth-order valence-electron chi connectivity index (χ4n) is 13.4. The van der Waals surface area contributed by atoms with Gasteiger partial charge in [-0.2, -0.15) is 9.97 Å². The van der Waals surface area contributed by atoms with Crippen molar-refractivity contribution in [3.05, 3.63) is 290 Å². The summed E-state index contributed by atoms with van der Waals surface area (Å²) in [4.78, 5) is 28.5. The van der Waals surface area contributed by atoms with E-state index in [1.807, 2.05) is 158 Å². The summed E-state index contributed by atoms with van der Waals surface area (Å²) in [6, 6.07) is 94.6. The van der Waals surface area contributed by atoms with Crippen LogP contribution in [0.5, 0.6) is 0 Å². The van der Waals surface area contributed by atoms with Gasteiger partial charge < -0.3 is 17.7 Å². The molecule has 0 saturated heterocycles. The number of furan rings is 4. The molecule has 0 bridgehead atoms. The molecule has 0 atom stereocenters. The standard InChI is InChI=1S/C41H23N3O2.C21H12ClN3O.C21H14O/c1-2-9-26(10-3-1)39-42-40(44-41(43-39)30-13-8-16-34-37(30)28-11-4-6-14-32(28)45-34)27-20-18-24-17-19-25-21-22-35-38(36(25)31(24)23-27)29-12-5-7-15-33(29)46-35;22-21-24-19(13-7-2-1-3-8-13)23-20(25-21)15-10-6-12-17-18(15)14-9-4-5-11-16(14)26-17;1-13-6-7-14-8-9-15-10-11-19-21(20(15)17(14)12-13)16-4-2-3-5-18(16)22-19/h1-23H;1-12H;2-12H,1H3. The molecule has 20 rings (SSSR count). The molecule has 0 fully saturated rings. The third-order valence-electron chi connectivity index (χ3n) is 17.7. The van der Waals surface area contributed by atoms with E-state index >= 15 is 0 Å². The van der Waals surface area contributed by atoms with E-state index in [9.17, 15) is 0 Å². The number of rotatable bonds is 5. The summed E-state index contributed by atoms with van der Waals surface area (Å²) in [5.41, 5.74) is 12.7. The van der Waals surface area contributed by atoms with Crippen LogP contribution in [0.1, 0.15) is 5.56 Å². The molecule has 0 aliphatic rings. The average Bonchev–Trinajstić information content (AvgIpc) is 1.46. The summed E-state index contributed by atoms with van der Waals surface area (Å²) >= 11 is 6.21. The zero-order valence-corrected chi connectivity index (χ0v) is 51.0. The van der Waals surface area contributed by atoms with E-state index < -0.39 is 0 Å². The summed E-state index contributed by atoms with van der Waals surface area (Å²) in [7, 11) is 0. The minimum atomic E-state index is 0.165. The van der Waals surface area contributed by atoms with Crippen molar-refractivity contribution in [2.45, 2.75) is 6.92 Å². The maximum Gasteiger partial charge on any atom is 0.226 e. The van der Waals surface area contributed by atoms with Gasteiger partial charge in [0.05, 0.1) is 0 Å². The van der Waals surface area contributed by atoms with Gasteiger partial charge in [-0.15, -0.1) is 0 Å². The maximum atomic E-state index is 6.27. The Kier molecular flexibility index (Phi) is 12.9. The number of fused-ring (bicyclic) bond motifs is 20. The van der Waals surface area contributed by atoms with E-state index in [0.29, 0.717) is 29.1 Å². The number of hydrogen-bond donors (Lipinski definition) is 0. The first kappa shape index (κ1) is 54.6. The largest absolute Gasteiger partial charge is 0.456 e. The van der Waals surface area contributed by atoms with Crippen molar-refractivity contribution < 1.29 is 17.7 Å². The lowest BCUT2D eigenvalue weighted by Gasteiger charge is -2.11. The third-order valence-corrected chi connectivity index (χ3v) is 17.9. The van der Waals surface area contributed by atoms with Crippen molar-refractivity contribution in [3.8, 4) is 56.9 Å². The predicted molar refractivity (Wildman–Crippen MR) is 382 cm³/mol. The number of aromatic nitrogens is 6.